The van der Waals surface area contributed by atoms with E-state index in [1.54, 1.807) is 16.4 Å². The summed E-state index contributed by atoms with van der Waals surface area (Å²) in [5.74, 6) is 1.18. The van der Waals surface area contributed by atoms with Gasteiger partial charge < -0.3 is 5.32 Å². The number of aryl methyl sites for hydroxylation is 1. The van der Waals surface area contributed by atoms with E-state index in [4.69, 9.17) is 0 Å². The Bertz CT molecular complexity index is 1140. The van der Waals surface area contributed by atoms with Gasteiger partial charge in [-0.25, -0.2) is 0 Å². The standard InChI is InChI=1S/C23H21N5OS/c1-17-9-5-6-10-18(17)15-24-23(29)20-13-7-8-14-21(20)30-16-22-25-26-27-28(22)19-11-3-2-4-12-19/h2-14H,15-16H2,1H3,(H,24,29). The van der Waals surface area contributed by atoms with Gasteiger partial charge in [-0.1, -0.05) is 54.6 Å². The van der Waals surface area contributed by atoms with E-state index in [0.717, 1.165) is 27.5 Å². The number of nitrogens with one attached hydrogen (secondary N) is 1. The van der Waals surface area contributed by atoms with Gasteiger partial charge in [0, 0.05) is 11.4 Å². The van der Waals surface area contributed by atoms with Crippen LogP contribution in [-0.4, -0.2) is 26.1 Å². The molecule has 7 heteroatoms. The quantitative estimate of drug-likeness (QED) is 0.458. The third kappa shape index (κ3) is 4.58. The lowest BCUT2D eigenvalue weighted by molar-refractivity contribution is 0.0948. The largest absolute Gasteiger partial charge is 0.348 e. The van der Waals surface area contributed by atoms with Crippen molar-refractivity contribution in [3.8, 4) is 5.69 Å². The molecule has 4 rings (SSSR count). The number of benzene rings is 3. The Hall–Kier alpha value is -3.45. The smallest absolute Gasteiger partial charge is 0.252 e. The summed E-state index contributed by atoms with van der Waals surface area (Å²) in [7, 11) is 0. The van der Waals surface area contributed by atoms with E-state index in [1.165, 1.54) is 0 Å². The third-order valence-electron chi connectivity index (χ3n) is 4.72. The lowest BCUT2D eigenvalue weighted by atomic mass is 10.1. The highest BCUT2D eigenvalue weighted by atomic mass is 32.2. The fraction of sp³-hybridized carbons (Fsp3) is 0.130. The van der Waals surface area contributed by atoms with Crippen molar-refractivity contribution in [2.75, 3.05) is 0 Å². The lowest BCUT2D eigenvalue weighted by Crippen LogP contribution is -2.23. The second-order valence-electron chi connectivity index (χ2n) is 6.74. The first kappa shape index (κ1) is 19.8. The van der Waals surface area contributed by atoms with Gasteiger partial charge in [-0.2, -0.15) is 4.68 Å². The highest BCUT2D eigenvalue weighted by Crippen LogP contribution is 2.26. The van der Waals surface area contributed by atoms with Crippen molar-refractivity contribution in [1.82, 2.24) is 25.5 Å². The summed E-state index contributed by atoms with van der Waals surface area (Å²) in [6, 6.07) is 25.4. The van der Waals surface area contributed by atoms with Crippen molar-refractivity contribution in [1.29, 1.82) is 0 Å². The molecule has 4 aromatic rings. The SMILES string of the molecule is Cc1ccccc1CNC(=O)c1ccccc1SCc1nnnn1-c1ccccc1. The Balaban J connectivity index is 1.46. The fourth-order valence-corrected chi connectivity index (χ4v) is 4.02. The molecule has 0 spiro atoms. The van der Waals surface area contributed by atoms with Crippen molar-refractivity contribution in [3.05, 3.63) is 101 Å². The highest BCUT2D eigenvalue weighted by Gasteiger charge is 2.14. The molecule has 0 radical (unpaired) electrons. The van der Waals surface area contributed by atoms with Crippen LogP contribution in [0.4, 0.5) is 0 Å². The molecule has 0 aliphatic carbocycles. The molecule has 6 nitrogen and oxygen atoms in total. The Morgan fingerprint density at radius 2 is 1.70 bits per heavy atom. The van der Waals surface area contributed by atoms with Crippen molar-refractivity contribution < 1.29 is 4.79 Å². The number of tetrazole rings is 1. The summed E-state index contributed by atoms with van der Waals surface area (Å²) >= 11 is 1.54. The number of aromatic nitrogens is 4. The molecule has 3 aromatic carbocycles. The molecule has 0 atom stereocenters. The zero-order chi connectivity index (χ0) is 20.8. The van der Waals surface area contributed by atoms with Crippen LogP contribution in [-0.2, 0) is 12.3 Å². The topological polar surface area (TPSA) is 72.7 Å². The maximum Gasteiger partial charge on any atom is 0.252 e. The summed E-state index contributed by atoms with van der Waals surface area (Å²) in [6.07, 6.45) is 0. The van der Waals surface area contributed by atoms with Gasteiger partial charge in [0.2, 0.25) is 0 Å². The molecule has 0 fully saturated rings. The Kier molecular flexibility index (Phi) is 6.20. The first-order valence-corrected chi connectivity index (χ1v) is 10.6. The summed E-state index contributed by atoms with van der Waals surface area (Å²) in [6.45, 7) is 2.54. The molecule has 0 saturated heterocycles. The Morgan fingerprint density at radius 3 is 2.53 bits per heavy atom. The molecular weight excluding hydrogens is 394 g/mol. The van der Waals surface area contributed by atoms with Gasteiger partial charge in [0.05, 0.1) is 17.0 Å². The predicted octanol–water partition coefficient (Wildman–Crippen LogP) is 4.19. The minimum absolute atomic E-state index is 0.0935. The summed E-state index contributed by atoms with van der Waals surface area (Å²) < 4.78 is 1.72. The number of carbonyl (C=O) groups is 1. The second kappa shape index (κ2) is 9.37. The molecule has 30 heavy (non-hydrogen) atoms. The van der Waals surface area contributed by atoms with Crippen LogP contribution in [0.25, 0.3) is 5.69 Å². The number of para-hydroxylation sites is 1. The third-order valence-corrected chi connectivity index (χ3v) is 5.79. The van der Waals surface area contributed by atoms with Gasteiger partial charge in [-0.05, 0) is 52.7 Å². The number of hydrogen-bond donors (Lipinski definition) is 1. The van der Waals surface area contributed by atoms with Crippen molar-refractivity contribution >= 4 is 17.7 Å². The summed E-state index contributed by atoms with van der Waals surface area (Å²) in [5.41, 5.74) is 3.82. The van der Waals surface area contributed by atoms with Crippen LogP contribution in [0, 0.1) is 6.92 Å². The molecule has 0 saturated carbocycles. The van der Waals surface area contributed by atoms with Crippen LogP contribution in [0.5, 0.6) is 0 Å². The van der Waals surface area contributed by atoms with Gasteiger partial charge in [-0.15, -0.1) is 16.9 Å². The molecular formula is C23H21N5OS. The number of thioether (sulfide) groups is 1. The molecule has 1 N–H and O–H groups in total. The van der Waals surface area contributed by atoms with Crippen molar-refractivity contribution in [2.24, 2.45) is 0 Å². The zero-order valence-electron chi connectivity index (χ0n) is 16.5. The number of amides is 1. The Labute approximate surface area is 179 Å². The molecule has 0 aliphatic heterocycles. The van der Waals surface area contributed by atoms with Gasteiger partial charge in [0.1, 0.15) is 0 Å². The monoisotopic (exact) mass is 415 g/mol. The summed E-state index contributed by atoms with van der Waals surface area (Å²) in [4.78, 5) is 13.7. The number of rotatable bonds is 7. The molecule has 1 heterocycles. The normalized spacial score (nSPS) is 10.7. The minimum atomic E-state index is -0.0935. The van der Waals surface area contributed by atoms with E-state index in [9.17, 15) is 4.79 Å². The van der Waals surface area contributed by atoms with Crippen LogP contribution in [0.15, 0.2) is 83.8 Å². The highest BCUT2D eigenvalue weighted by molar-refractivity contribution is 7.98. The van der Waals surface area contributed by atoms with Crippen molar-refractivity contribution in [2.45, 2.75) is 24.1 Å². The van der Waals surface area contributed by atoms with Crippen LogP contribution < -0.4 is 5.32 Å². The average molecular weight is 416 g/mol. The van der Waals surface area contributed by atoms with Gasteiger partial charge in [0.15, 0.2) is 5.82 Å². The van der Waals surface area contributed by atoms with Crippen LogP contribution in [0.3, 0.4) is 0 Å². The van der Waals surface area contributed by atoms with E-state index in [-0.39, 0.29) is 5.91 Å². The first-order valence-electron chi connectivity index (χ1n) is 9.59. The first-order chi connectivity index (χ1) is 14.7. The second-order valence-corrected chi connectivity index (χ2v) is 7.75. The van der Waals surface area contributed by atoms with E-state index in [2.05, 4.69) is 20.8 Å². The average Bonchev–Trinajstić information content (AvgIpc) is 3.26. The molecule has 1 amide bonds. The van der Waals surface area contributed by atoms with E-state index in [1.807, 2.05) is 85.8 Å². The van der Waals surface area contributed by atoms with Gasteiger partial charge >= 0.3 is 0 Å². The fourth-order valence-electron chi connectivity index (χ4n) is 3.07. The van der Waals surface area contributed by atoms with Crippen LogP contribution >= 0.6 is 11.8 Å². The number of hydrogen-bond acceptors (Lipinski definition) is 5. The molecule has 1 aromatic heterocycles. The molecule has 0 unspecified atom stereocenters. The maximum absolute atomic E-state index is 12.8. The number of carbonyl (C=O) groups excluding carboxylic acids is 1. The van der Waals surface area contributed by atoms with E-state index < -0.39 is 0 Å². The summed E-state index contributed by atoms with van der Waals surface area (Å²) in [5, 5.41) is 15.1. The van der Waals surface area contributed by atoms with Gasteiger partial charge in [0.25, 0.3) is 5.91 Å². The maximum atomic E-state index is 12.8. The van der Waals surface area contributed by atoms with Crippen molar-refractivity contribution in [3.63, 3.8) is 0 Å². The van der Waals surface area contributed by atoms with Crippen LogP contribution in [0.1, 0.15) is 27.3 Å². The Morgan fingerprint density at radius 1 is 0.967 bits per heavy atom. The molecule has 0 aliphatic rings. The van der Waals surface area contributed by atoms with E-state index in [0.29, 0.717) is 17.9 Å². The predicted molar refractivity (Wildman–Crippen MR) is 118 cm³/mol. The molecule has 150 valence electrons. The molecule has 0 bridgehead atoms. The lowest BCUT2D eigenvalue weighted by Gasteiger charge is -2.11. The minimum Gasteiger partial charge on any atom is -0.348 e. The zero-order valence-corrected chi connectivity index (χ0v) is 17.3. The van der Waals surface area contributed by atoms with Crippen LogP contribution in [0.2, 0.25) is 0 Å². The van der Waals surface area contributed by atoms with Gasteiger partial charge in [-0.3, -0.25) is 4.79 Å². The van der Waals surface area contributed by atoms with E-state index >= 15 is 0 Å². The number of nitrogens with zero attached hydrogens (tertiary/aromatic N) is 4.